The van der Waals surface area contributed by atoms with E-state index in [4.69, 9.17) is 0 Å². The first-order valence-corrected chi connectivity index (χ1v) is 10.9. The number of rotatable bonds is 8. The first-order valence-electron chi connectivity index (χ1n) is 10.1. The number of hydrogen-bond acceptors (Lipinski definition) is 4. The molecule has 0 spiro atoms. The van der Waals surface area contributed by atoms with Crippen molar-refractivity contribution in [3.63, 3.8) is 0 Å². The predicted octanol–water partition coefficient (Wildman–Crippen LogP) is 5.81. The van der Waals surface area contributed by atoms with Gasteiger partial charge in [-0.15, -0.1) is 11.3 Å². The Morgan fingerprint density at radius 1 is 1.10 bits per heavy atom. The van der Waals surface area contributed by atoms with Crippen LogP contribution in [0.3, 0.4) is 0 Å². The van der Waals surface area contributed by atoms with Crippen molar-refractivity contribution < 1.29 is 14.0 Å². The Bertz CT molecular complexity index is 1070. The van der Waals surface area contributed by atoms with Gasteiger partial charge in [0.1, 0.15) is 5.82 Å². The number of unbranched alkanes of at least 4 members (excludes halogenated alkanes) is 1. The summed E-state index contributed by atoms with van der Waals surface area (Å²) in [6.45, 7) is 4.06. The molecule has 0 saturated carbocycles. The van der Waals surface area contributed by atoms with Crippen LogP contribution in [-0.2, 0) is 9.59 Å². The van der Waals surface area contributed by atoms with E-state index in [1.807, 2.05) is 30.3 Å². The molecule has 31 heavy (non-hydrogen) atoms. The molecule has 0 aliphatic heterocycles. The lowest BCUT2D eigenvalue weighted by Crippen LogP contribution is -2.30. The average Bonchev–Trinajstić information content (AvgIpc) is 3.23. The maximum absolute atomic E-state index is 14.2. The number of benzene rings is 2. The summed E-state index contributed by atoms with van der Waals surface area (Å²) in [5.74, 6) is -0.998. The highest BCUT2D eigenvalue weighted by Gasteiger charge is 2.20. The van der Waals surface area contributed by atoms with Crippen LogP contribution in [-0.4, -0.2) is 23.3 Å². The second-order valence-electron chi connectivity index (χ2n) is 6.87. The van der Waals surface area contributed by atoms with Crippen molar-refractivity contribution in [3.8, 4) is 0 Å². The molecular formula is C24H24FN3O2S. The molecule has 7 heteroatoms. The smallest absolute Gasteiger partial charge is 0.251 e. The van der Waals surface area contributed by atoms with E-state index in [1.165, 1.54) is 41.4 Å². The van der Waals surface area contributed by atoms with Crippen LogP contribution >= 0.6 is 11.3 Å². The summed E-state index contributed by atoms with van der Waals surface area (Å²) < 4.78 is 14.2. The molecule has 0 N–H and O–H groups in total. The molecule has 1 aromatic heterocycles. The van der Waals surface area contributed by atoms with Crippen LogP contribution in [0.15, 0.2) is 66.1 Å². The Morgan fingerprint density at radius 2 is 1.81 bits per heavy atom. The molecule has 2 aromatic carbocycles. The highest BCUT2D eigenvalue weighted by Crippen LogP contribution is 2.31. The zero-order chi connectivity index (χ0) is 22.2. The number of anilines is 3. The maximum atomic E-state index is 14.2. The highest BCUT2D eigenvalue weighted by molar-refractivity contribution is 7.14. The number of halogens is 1. The Balaban J connectivity index is 1.81. The molecule has 2 amide bonds. The topological polar surface area (TPSA) is 53.5 Å². The summed E-state index contributed by atoms with van der Waals surface area (Å²) in [7, 11) is 0. The van der Waals surface area contributed by atoms with Crippen molar-refractivity contribution >= 4 is 45.7 Å². The van der Waals surface area contributed by atoms with E-state index in [2.05, 4.69) is 11.9 Å². The third-order valence-electron chi connectivity index (χ3n) is 4.58. The fraction of sp³-hybridized carbons (Fsp3) is 0.208. The number of nitrogens with zero attached hydrogens (tertiary/aromatic N) is 3. The lowest BCUT2D eigenvalue weighted by atomic mass is 10.2. The van der Waals surface area contributed by atoms with Gasteiger partial charge in [0.2, 0.25) is 5.91 Å². The standard InChI is InChI=1S/C24H24FN3O2S/c1-3-4-16-27(20-10-6-5-7-11-20)23(30)15-14-19-17-31-24(26-19)28(18(2)29)22-13-9-8-12-21(22)25/h5-15,17H,3-4,16H2,1-2H3. The van der Waals surface area contributed by atoms with Gasteiger partial charge in [-0.1, -0.05) is 43.7 Å². The van der Waals surface area contributed by atoms with Gasteiger partial charge in [-0.3, -0.25) is 14.5 Å². The van der Waals surface area contributed by atoms with Gasteiger partial charge in [0.25, 0.3) is 5.91 Å². The summed E-state index contributed by atoms with van der Waals surface area (Å²) in [5.41, 5.74) is 1.51. The molecule has 0 saturated heterocycles. The normalized spacial score (nSPS) is 10.9. The molecular weight excluding hydrogens is 413 g/mol. The Hall–Kier alpha value is -3.32. The molecule has 0 bridgehead atoms. The summed E-state index contributed by atoms with van der Waals surface area (Å²) in [5, 5.41) is 2.07. The van der Waals surface area contributed by atoms with Gasteiger partial charge >= 0.3 is 0 Å². The van der Waals surface area contributed by atoms with Gasteiger partial charge in [-0.2, -0.15) is 0 Å². The molecule has 160 valence electrons. The van der Waals surface area contributed by atoms with Crippen LogP contribution in [0.5, 0.6) is 0 Å². The SMILES string of the molecule is CCCCN(C(=O)C=Cc1csc(N(C(C)=O)c2ccccc2F)n1)c1ccccc1. The third-order valence-corrected chi connectivity index (χ3v) is 5.42. The second-order valence-corrected chi connectivity index (χ2v) is 7.71. The van der Waals surface area contributed by atoms with Crippen molar-refractivity contribution in [3.05, 3.63) is 77.6 Å². The minimum Gasteiger partial charge on any atom is -0.309 e. The van der Waals surface area contributed by atoms with Gasteiger partial charge in [-0.05, 0) is 36.8 Å². The average molecular weight is 438 g/mol. The van der Waals surface area contributed by atoms with E-state index in [-0.39, 0.29) is 17.5 Å². The number of carbonyl (C=O) groups is 2. The largest absolute Gasteiger partial charge is 0.309 e. The Morgan fingerprint density at radius 3 is 2.48 bits per heavy atom. The van der Waals surface area contributed by atoms with Crippen LogP contribution in [0, 0.1) is 5.82 Å². The molecule has 0 unspecified atom stereocenters. The van der Waals surface area contributed by atoms with Crippen molar-refractivity contribution in [2.75, 3.05) is 16.3 Å². The molecule has 0 atom stereocenters. The van der Waals surface area contributed by atoms with Crippen LogP contribution in [0.2, 0.25) is 0 Å². The first-order chi connectivity index (χ1) is 15.0. The van der Waals surface area contributed by atoms with E-state index in [9.17, 15) is 14.0 Å². The van der Waals surface area contributed by atoms with Crippen LogP contribution in [0.1, 0.15) is 32.4 Å². The Kier molecular flexibility index (Phi) is 7.67. The number of para-hydroxylation sites is 2. The van der Waals surface area contributed by atoms with Gasteiger partial charge in [0, 0.05) is 30.6 Å². The zero-order valence-electron chi connectivity index (χ0n) is 17.5. The summed E-state index contributed by atoms with van der Waals surface area (Å²) in [6.07, 6.45) is 4.96. The number of carbonyl (C=O) groups excluding carboxylic acids is 2. The minimum atomic E-state index is -0.505. The monoisotopic (exact) mass is 437 g/mol. The maximum Gasteiger partial charge on any atom is 0.251 e. The van der Waals surface area contributed by atoms with Crippen LogP contribution < -0.4 is 9.80 Å². The van der Waals surface area contributed by atoms with Gasteiger partial charge in [0.15, 0.2) is 5.13 Å². The van der Waals surface area contributed by atoms with E-state index >= 15 is 0 Å². The molecule has 0 aliphatic carbocycles. The van der Waals surface area contributed by atoms with Gasteiger partial charge in [0.05, 0.1) is 11.4 Å². The van der Waals surface area contributed by atoms with E-state index < -0.39 is 5.82 Å². The molecule has 0 fully saturated rings. The van der Waals surface area contributed by atoms with Gasteiger partial charge in [-0.25, -0.2) is 9.37 Å². The van der Waals surface area contributed by atoms with Gasteiger partial charge < -0.3 is 4.90 Å². The fourth-order valence-electron chi connectivity index (χ4n) is 3.03. The van der Waals surface area contributed by atoms with Crippen molar-refractivity contribution in [2.24, 2.45) is 0 Å². The van der Waals surface area contributed by atoms with Crippen molar-refractivity contribution in [1.82, 2.24) is 4.98 Å². The Labute approximate surface area is 185 Å². The molecule has 0 aliphatic rings. The molecule has 3 aromatic rings. The lowest BCUT2D eigenvalue weighted by Gasteiger charge is -2.21. The predicted molar refractivity (Wildman–Crippen MR) is 124 cm³/mol. The first kappa shape index (κ1) is 22.4. The lowest BCUT2D eigenvalue weighted by molar-refractivity contribution is -0.116. The third kappa shape index (κ3) is 5.64. The number of hydrogen-bond donors (Lipinski definition) is 0. The van der Waals surface area contributed by atoms with E-state index in [0.717, 1.165) is 18.5 Å². The number of aromatic nitrogens is 1. The van der Waals surface area contributed by atoms with Crippen molar-refractivity contribution in [2.45, 2.75) is 26.7 Å². The number of thiazole rings is 1. The summed E-state index contributed by atoms with van der Waals surface area (Å²) in [6, 6.07) is 15.6. The van der Waals surface area contributed by atoms with Crippen molar-refractivity contribution in [1.29, 1.82) is 0 Å². The van der Waals surface area contributed by atoms with E-state index in [1.54, 1.807) is 28.5 Å². The highest BCUT2D eigenvalue weighted by atomic mass is 32.1. The molecule has 0 radical (unpaired) electrons. The summed E-state index contributed by atoms with van der Waals surface area (Å²) >= 11 is 1.21. The molecule has 3 rings (SSSR count). The minimum absolute atomic E-state index is 0.144. The quantitative estimate of drug-likeness (QED) is 0.418. The zero-order valence-corrected chi connectivity index (χ0v) is 18.3. The molecule has 1 heterocycles. The number of amides is 2. The van der Waals surface area contributed by atoms with Crippen LogP contribution in [0.25, 0.3) is 6.08 Å². The fourth-order valence-corrected chi connectivity index (χ4v) is 3.88. The molecule has 5 nitrogen and oxygen atoms in total. The van der Waals surface area contributed by atoms with E-state index in [0.29, 0.717) is 17.4 Å². The van der Waals surface area contributed by atoms with Crippen LogP contribution in [0.4, 0.5) is 20.9 Å². The second kappa shape index (κ2) is 10.6. The summed E-state index contributed by atoms with van der Waals surface area (Å²) in [4.78, 5) is 32.4.